The van der Waals surface area contributed by atoms with Crippen molar-refractivity contribution in [1.29, 1.82) is 0 Å². The number of pyridine rings is 1. The van der Waals surface area contributed by atoms with Gasteiger partial charge in [-0.25, -0.2) is 9.78 Å². The van der Waals surface area contributed by atoms with Gasteiger partial charge in [-0.3, -0.25) is 4.79 Å². The standard InChI is InChI=1S/C21H26N2O3/c1-14(2)16-8-10-17(11-9-16)20(15(3)4)23-19(24)13-26-21(25)18-7-5-6-12-22-18/h5-12,14-15,20H,13H2,1-4H3,(H,23,24)/t20-/m0/s1. The number of esters is 1. The third-order valence-corrected chi connectivity index (χ3v) is 4.15. The zero-order chi connectivity index (χ0) is 19.1. The van der Waals surface area contributed by atoms with Crippen LogP contribution in [0, 0.1) is 5.92 Å². The van der Waals surface area contributed by atoms with Crippen LogP contribution in [0.2, 0.25) is 0 Å². The lowest BCUT2D eigenvalue weighted by atomic mass is 9.93. The first-order valence-electron chi connectivity index (χ1n) is 8.86. The topological polar surface area (TPSA) is 68.3 Å². The number of nitrogens with zero attached hydrogens (tertiary/aromatic N) is 1. The molecule has 5 heteroatoms. The maximum absolute atomic E-state index is 12.2. The van der Waals surface area contributed by atoms with Crippen molar-refractivity contribution in [2.75, 3.05) is 6.61 Å². The van der Waals surface area contributed by atoms with Crippen LogP contribution in [0.3, 0.4) is 0 Å². The molecule has 0 spiro atoms. The van der Waals surface area contributed by atoms with Crippen molar-refractivity contribution in [1.82, 2.24) is 10.3 Å². The number of aromatic nitrogens is 1. The maximum Gasteiger partial charge on any atom is 0.357 e. The summed E-state index contributed by atoms with van der Waals surface area (Å²) in [6.45, 7) is 8.05. The summed E-state index contributed by atoms with van der Waals surface area (Å²) < 4.78 is 5.04. The van der Waals surface area contributed by atoms with Crippen LogP contribution >= 0.6 is 0 Å². The molecular weight excluding hydrogens is 328 g/mol. The van der Waals surface area contributed by atoms with E-state index < -0.39 is 5.97 Å². The lowest BCUT2D eigenvalue weighted by Gasteiger charge is -2.23. The van der Waals surface area contributed by atoms with Gasteiger partial charge in [0.2, 0.25) is 0 Å². The molecule has 1 amide bonds. The molecule has 1 aromatic heterocycles. The molecule has 5 nitrogen and oxygen atoms in total. The highest BCUT2D eigenvalue weighted by atomic mass is 16.5. The minimum absolute atomic E-state index is 0.141. The Morgan fingerprint density at radius 2 is 1.65 bits per heavy atom. The number of amides is 1. The minimum Gasteiger partial charge on any atom is -0.451 e. The normalized spacial score (nSPS) is 12.1. The monoisotopic (exact) mass is 354 g/mol. The van der Waals surface area contributed by atoms with E-state index in [0.717, 1.165) is 5.56 Å². The highest BCUT2D eigenvalue weighted by Crippen LogP contribution is 2.24. The molecular formula is C21H26N2O3. The molecule has 0 bridgehead atoms. The van der Waals surface area contributed by atoms with Crippen molar-refractivity contribution in [2.45, 2.75) is 39.7 Å². The molecule has 0 radical (unpaired) electrons. The Hall–Kier alpha value is -2.69. The van der Waals surface area contributed by atoms with Gasteiger partial charge in [0, 0.05) is 6.20 Å². The number of ether oxygens (including phenoxy) is 1. The molecule has 1 aromatic carbocycles. The fraction of sp³-hybridized carbons (Fsp3) is 0.381. The first-order chi connectivity index (χ1) is 12.4. The molecule has 1 atom stereocenters. The molecule has 0 aliphatic heterocycles. The van der Waals surface area contributed by atoms with Crippen LogP contribution in [0.15, 0.2) is 48.7 Å². The number of carbonyl (C=O) groups is 2. The van der Waals surface area contributed by atoms with E-state index in [2.05, 4.69) is 36.3 Å². The van der Waals surface area contributed by atoms with Gasteiger partial charge in [-0.1, -0.05) is 58.0 Å². The van der Waals surface area contributed by atoms with Gasteiger partial charge in [0.05, 0.1) is 6.04 Å². The van der Waals surface area contributed by atoms with Crippen molar-refractivity contribution in [3.63, 3.8) is 0 Å². The second kappa shape index (κ2) is 9.13. The fourth-order valence-electron chi connectivity index (χ4n) is 2.63. The molecule has 26 heavy (non-hydrogen) atoms. The Bertz CT molecular complexity index is 725. The third-order valence-electron chi connectivity index (χ3n) is 4.15. The van der Waals surface area contributed by atoms with E-state index in [-0.39, 0.29) is 30.2 Å². The van der Waals surface area contributed by atoms with Gasteiger partial charge in [0.15, 0.2) is 6.61 Å². The smallest absolute Gasteiger partial charge is 0.357 e. The molecule has 0 fully saturated rings. The van der Waals surface area contributed by atoms with Gasteiger partial charge in [0.1, 0.15) is 5.69 Å². The summed E-state index contributed by atoms with van der Waals surface area (Å²) in [5.74, 6) is -0.276. The van der Waals surface area contributed by atoms with Crippen LogP contribution in [0.25, 0.3) is 0 Å². The predicted octanol–water partition coefficient (Wildman–Crippen LogP) is 3.88. The van der Waals surface area contributed by atoms with Crippen LogP contribution in [0.5, 0.6) is 0 Å². The Morgan fingerprint density at radius 1 is 1.00 bits per heavy atom. The quantitative estimate of drug-likeness (QED) is 0.766. The zero-order valence-corrected chi connectivity index (χ0v) is 15.7. The molecule has 138 valence electrons. The second-order valence-corrected chi connectivity index (χ2v) is 6.90. The van der Waals surface area contributed by atoms with Crippen LogP contribution in [-0.4, -0.2) is 23.5 Å². The molecule has 0 saturated heterocycles. The number of carbonyl (C=O) groups excluding carboxylic acids is 2. The molecule has 1 heterocycles. The molecule has 0 unspecified atom stereocenters. The van der Waals surface area contributed by atoms with Crippen LogP contribution < -0.4 is 5.32 Å². The molecule has 2 rings (SSSR count). The van der Waals surface area contributed by atoms with Gasteiger partial charge in [-0.05, 0) is 35.1 Å². The number of benzene rings is 1. The van der Waals surface area contributed by atoms with E-state index in [0.29, 0.717) is 5.92 Å². The van der Waals surface area contributed by atoms with Crippen molar-refractivity contribution < 1.29 is 14.3 Å². The van der Waals surface area contributed by atoms with E-state index in [1.54, 1.807) is 18.2 Å². The molecule has 0 aliphatic rings. The fourth-order valence-corrected chi connectivity index (χ4v) is 2.63. The van der Waals surface area contributed by atoms with E-state index >= 15 is 0 Å². The van der Waals surface area contributed by atoms with Gasteiger partial charge in [0.25, 0.3) is 5.91 Å². The lowest BCUT2D eigenvalue weighted by Crippen LogP contribution is -2.35. The summed E-state index contributed by atoms with van der Waals surface area (Å²) in [5.41, 5.74) is 2.48. The largest absolute Gasteiger partial charge is 0.451 e. The average molecular weight is 354 g/mol. The maximum atomic E-state index is 12.2. The first-order valence-corrected chi connectivity index (χ1v) is 8.86. The Balaban J connectivity index is 1.96. The van der Waals surface area contributed by atoms with Crippen molar-refractivity contribution in [3.05, 3.63) is 65.5 Å². The minimum atomic E-state index is -0.608. The summed E-state index contributed by atoms with van der Waals surface area (Å²) in [6, 6.07) is 13.1. The SMILES string of the molecule is CC(C)c1ccc([C@@H](NC(=O)COC(=O)c2ccccn2)C(C)C)cc1. The van der Waals surface area contributed by atoms with Gasteiger partial charge < -0.3 is 10.1 Å². The Kier molecular flexibility index (Phi) is 6.89. The number of hydrogen-bond acceptors (Lipinski definition) is 4. The number of rotatable bonds is 7. The lowest BCUT2D eigenvalue weighted by molar-refractivity contribution is -0.125. The highest BCUT2D eigenvalue weighted by molar-refractivity contribution is 5.89. The molecule has 0 saturated carbocycles. The average Bonchev–Trinajstić information content (AvgIpc) is 2.64. The molecule has 2 aromatic rings. The molecule has 1 N–H and O–H groups in total. The molecule has 0 aliphatic carbocycles. The van der Waals surface area contributed by atoms with Gasteiger partial charge in [-0.2, -0.15) is 0 Å². The summed E-state index contributed by atoms with van der Waals surface area (Å²) >= 11 is 0. The third kappa shape index (κ3) is 5.41. The summed E-state index contributed by atoms with van der Waals surface area (Å²) in [5, 5.41) is 2.95. The van der Waals surface area contributed by atoms with E-state index in [1.165, 1.54) is 11.8 Å². The Morgan fingerprint density at radius 3 is 2.19 bits per heavy atom. The van der Waals surface area contributed by atoms with Crippen LogP contribution in [0.4, 0.5) is 0 Å². The van der Waals surface area contributed by atoms with Gasteiger partial charge >= 0.3 is 5.97 Å². The zero-order valence-electron chi connectivity index (χ0n) is 15.7. The summed E-state index contributed by atoms with van der Waals surface area (Å²) in [7, 11) is 0. The van der Waals surface area contributed by atoms with Gasteiger partial charge in [-0.15, -0.1) is 0 Å². The van der Waals surface area contributed by atoms with Crippen LogP contribution in [0.1, 0.15) is 61.3 Å². The summed E-state index contributed by atoms with van der Waals surface area (Å²) in [4.78, 5) is 28.0. The van der Waals surface area contributed by atoms with E-state index in [4.69, 9.17) is 4.74 Å². The highest BCUT2D eigenvalue weighted by Gasteiger charge is 2.19. The second-order valence-electron chi connectivity index (χ2n) is 6.90. The van der Waals surface area contributed by atoms with Crippen molar-refractivity contribution >= 4 is 11.9 Å². The number of nitrogens with one attached hydrogen (secondary N) is 1. The van der Waals surface area contributed by atoms with Crippen molar-refractivity contribution in [2.24, 2.45) is 5.92 Å². The van der Waals surface area contributed by atoms with Crippen LogP contribution in [-0.2, 0) is 9.53 Å². The predicted molar refractivity (Wildman–Crippen MR) is 101 cm³/mol. The van der Waals surface area contributed by atoms with E-state index in [1.807, 2.05) is 26.0 Å². The Labute approximate surface area is 154 Å². The van der Waals surface area contributed by atoms with Crippen molar-refractivity contribution in [3.8, 4) is 0 Å². The van der Waals surface area contributed by atoms with E-state index in [9.17, 15) is 9.59 Å². The number of hydrogen-bond donors (Lipinski definition) is 1. The summed E-state index contributed by atoms with van der Waals surface area (Å²) in [6.07, 6.45) is 1.51. The first kappa shape index (κ1) is 19.6.